The SMILES string of the molecule is Cn1c(=O)oc2ccc(-c3cc(Cl)c(C[C@@H](C#N)NC(=O)[C@@H]4CNCCCO4)c(F)c3F)cc21. The molecule has 2 atom stereocenters. The smallest absolute Gasteiger partial charge is 0.408 e. The molecule has 1 amide bonds. The predicted octanol–water partition coefficient (Wildman–Crippen LogP) is 2.66. The number of carbonyl (C=O) groups excluding carboxylic acids is 1. The zero-order valence-corrected chi connectivity index (χ0v) is 18.9. The van der Waals surface area contributed by atoms with Gasteiger partial charge in [-0.2, -0.15) is 5.26 Å². The molecular weight excluding hydrogens is 470 g/mol. The number of aryl methyl sites for hydroxylation is 1. The van der Waals surface area contributed by atoms with Crippen LogP contribution in [-0.2, 0) is 23.0 Å². The van der Waals surface area contributed by atoms with Crippen molar-refractivity contribution in [1.82, 2.24) is 15.2 Å². The Hall–Kier alpha value is -3.26. The van der Waals surface area contributed by atoms with Gasteiger partial charge in [-0.05, 0) is 36.7 Å². The van der Waals surface area contributed by atoms with E-state index in [2.05, 4.69) is 10.6 Å². The maximum atomic E-state index is 15.1. The summed E-state index contributed by atoms with van der Waals surface area (Å²) >= 11 is 6.28. The van der Waals surface area contributed by atoms with E-state index in [4.69, 9.17) is 20.8 Å². The van der Waals surface area contributed by atoms with Crippen LogP contribution in [0.15, 0.2) is 33.5 Å². The highest BCUT2D eigenvalue weighted by Gasteiger charge is 2.26. The number of nitrogens with zero attached hydrogens (tertiary/aromatic N) is 2. The molecule has 2 N–H and O–H groups in total. The number of halogens is 3. The summed E-state index contributed by atoms with van der Waals surface area (Å²) in [4.78, 5) is 24.2. The summed E-state index contributed by atoms with van der Waals surface area (Å²) in [5.74, 6) is -3.48. The van der Waals surface area contributed by atoms with E-state index in [1.807, 2.05) is 6.07 Å². The molecule has 0 saturated carbocycles. The molecule has 0 unspecified atom stereocenters. The second-order valence-corrected chi connectivity index (χ2v) is 8.34. The third-order valence-electron chi connectivity index (χ3n) is 5.68. The molecular formula is C23H21ClF2N4O4. The summed E-state index contributed by atoms with van der Waals surface area (Å²) < 4.78 is 41.9. The van der Waals surface area contributed by atoms with Crippen molar-refractivity contribution < 1.29 is 22.7 Å². The van der Waals surface area contributed by atoms with Crippen LogP contribution < -0.4 is 16.4 Å². The Kier molecular flexibility index (Phi) is 6.97. The molecule has 2 aromatic carbocycles. The summed E-state index contributed by atoms with van der Waals surface area (Å²) in [6, 6.07) is 6.46. The molecule has 0 spiro atoms. The van der Waals surface area contributed by atoms with Gasteiger partial charge in [0.25, 0.3) is 5.91 Å². The molecule has 178 valence electrons. The maximum absolute atomic E-state index is 15.1. The molecule has 1 aliphatic heterocycles. The lowest BCUT2D eigenvalue weighted by atomic mass is 9.98. The van der Waals surface area contributed by atoms with Crippen LogP contribution in [0, 0.1) is 23.0 Å². The molecule has 1 saturated heterocycles. The molecule has 0 radical (unpaired) electrons. The number of rotatable bonds is 5. The molecule has 1 aromatic heterocycles. The van der Waals surface area contributed by atoms with Crippen LogP contribution in [0.1, 0.15) is 12.0 Å². The maximum Gasteiger partial charge on any atom is 0.419 e. The van der Waals surface area contributed by atoms with Crippen LogP contribution >= 0.6 is 11.6 Å². The van der Waals surface area contributed by atoms with Crippen molar-refractivity contribution in [2.24, 2.45) is 7.05 Å². The standard InChI is InChI=1S/C23H21ClF2N4O4/c1-30-17-7-12(3-4-18(17)34-23(30)32)14-9-16(24)15(21(26)20(14)25)8-13(10-27)29-22(31)19-11-28-5-2-6-33-19/h3-4,7,9,13,19,28H,2,5-6,8,11H2,1H3,(H,29,31)/t13-,19-/m0/s1. The fourth-order valence-corrected chi connectivity index (χ4v) is 4.07. The minimum atomic E-state index is -1.22. The third kappa shape index (κ3) is 4.68. The van der Waals surface area contributed by atoms with Crippen LogP contribution in [0.4, 0.5) is 8.78 Å². The lowest BCUT2D eigenvalue weighted by Crippen LogP contribution is -2.46. The molecule has 11 heteroatoms. The Balaban J connectivity index is 1.59. The van der Waals surface area contributed by atoms with Crippen molar-refractivity contribution in [1.29, 1.82) is 5.26 Å². The van der Waals surface area contributed by atoms with E-state index in [1.165, 1.54) is 35.9 Å². The molecule has 1 aliphatic rings. The van der Waals surface area contributed by atoms with E-state index in [9.17, 15) is 14.9 Å². The number of nitrogens with one attached hydrogen (secondary N) is 2. The zero-order chi connectivity index (χ0) is 24.4. The third-order valence-corrected chi connectivity index (χ3v) is 6.01. The van der Waals surface area contributed by atoms with Gasteiger partial charge in [0.05, 0.1) is 11.6 Å². The number of hydrogen-bond acceptors (Lipinski definition) is 6. The van der Waals surface area contributed by atoms with Gasteiger partial charge in [0.15, 0.2) is 17.2 Å². The monoisotopic (exact) mass is 490 g/mol. The first kappa shape index (κ1) is 23.9. The van der Waals surface area contributed by atoms with Crippen LogP contribution in [0.2, 0.25) is 5.02 Å². The van der Waals surface area contributed by atoms with Crippen molar-refractivity contribution in [2.75, 3.05) is 19.7 Å². The van der Waals surface area contributed by atoms with Gasteiger partial charge < -0.3 is 19.8 Å². The highest BCUT2D eigenvalue weighted by atomic mass is 35.5. The molecule has 0 bridgehead atoms. The Morgan fingerprint density at radius 2 is 2.18 bits per heavy atom. The first-order valence-corrected chi connectivity index (χ1v) is 11.0. The minimum absolute atomic E-state index is 0.100. The minimum Gasteiger partial charge on any atom is -0.408 e. The average Bonchev–Trinajstić information content (AvgIpc) is 3.01. The molecule has 8 nitrogen and oxygen atoms in total. The summed E-state index contributed by atoms with van der Waals surface area (Å²) in [6.45, 7) is 1.39. The number of aromatic nitrogens is 1. The summed E-state index contributed by atoms with van der Waals surface area (Å²) in [7, 11) is 1.50. The number of ether oxygens (including phenoxy) is 1. The van der Waals surface area contributed by atoms with Crippen LogP contribution in [0.25, 0.3) is 22.2 Å². The highest BCUT2D eigenvalue weighted by molar-refractivity contribution is 6.31. The summed E-state index contributed by atoms with van der Waals surface area (Å²) in [5.41, 5.74) is 0.658. The number of oxazole rings is 1. The molecule has 3 aromatic rings. The normalized spacial score (nSPS) is 17.2. The Morgan fingerprint density at radius 3 is 2.94 bits per heavy atom. The van der Waals surface area contributed by atoms with Crippen LogP contribution in [0.5, 0.6) is 0 Å². The molecule has 34 heavy (non-hydrogen) atoms. The van der Waals surface area contributed by atoms with Crippen LogP contribution in [-0.4, -0.2) is 42.3 Å². The van der Waals surface area contributed by atoms with Crippen LogP contribution in [0.3, 0.4) is 0 Å². The number of benzene rings is 2. The van der Waals surface area contributed by atoms with Crippen molar-refractivity contribution in [3.05, 3.63) is 57.0 Å². The van der Waals surface area contributed by atoms with E-state index in [-0.39, 0.29) is 34.7 Å². The fourth-order valence-electron chi connectivity index (χ4n) is 3.81. The molecule has 1 fully saturated rings. The second kappa shape index (κ2) is 9.93. The number of fused-ring (bicyclic) bond motifs is 1. The Labute approximate surface area is 198 Å². The fraction of sp³-hybridized carbons (Fsp3) is 0.348. The van der Waals surface area contributed by atoms with Gasteiger partial charge in [-0.15, -0.1) is 0 Å². The Bertz CT molecular complexity index is 1340. The number of nitriles is 1. The van der Waals surface area contributed by atoms with E-state index in [0.717, 1.165) is 6.42 Å². The summed E-state index contributed by atoms with van der Waals surface area (Å²) in [5, 5.41) is 14.9. The van der Waals surface area contributed by atoms with Crippen molar-refractivity contribution in [2.45, 2.75) is 25.0 Å². The quantitative estimate of drug-likeness (QED) is 0.532. The van der Waals surface area contributed by atoms with Crippen molar-refractivity contribution >= 4 is 28.6 Å². The van der Waals surface area contributed by atoms with Crippen molar-refractivity contribution in [3.8, 4) is 17.2 Å². The van der Waals surface area contributed by atoms with E-state index in [0.29, 0.717) is 24.3 Å². The van der Waals surface area contributed by atoms with Gasteiger partial charge in [-0.3, -0.25) is 9.36 Å². The predicted molar refractivity (Wildman–Crippen MR) is 120 cm³/mol. The van der Waals surface area contributed by atoms with E-state index >= 15 is 8.78 Å². The highest BCUT2D eigenvalue weighted by Crippen LogP contribution is 2.33. The lowest BCUT2D eigenvalue weighted by molar-refractivity contribution is -0.132. The van der Waals surface area contributed by atoms with Gasteiger partial charge in [0.1, 0.15) is 12.1 Å². The largest absolute Gasteiger partial charge is 0.419 e. The first-order chi connectivity index (χ1) is 16.3. The summed E-state index contributed by atoms with van der Waals surface area (Å²) in [6.07, 6.45) is -0.368. The number of carbonyl (C=O) groups is 1. The van der Waals surface area contributed by atoms with Gasteiger partial charge >= 0.3 is 5.76 Å². The van der Waals surface area contributed by atoms with Gasteiger partial charge in [0.2, 0.25) is 0 Å². The number of hydrogen-bond donors (Lipinski definition) is 2. The van der Waals surface area contributed by atoms with E-state index < -0.39 is 35.4 Å². The number of amides is 1. The molecule has 0 aliphatic carbocycles. The Morgan fingerprint density at radius 1 is 1.38 bits per heavy atom. The van der Waals surface area contributed by atoms with Gasteiger partial charge in [-0.1, -0.05) is 17.7 Å². The zero-order valence-electron chi connectivity index (χ0n) is 18.2. The first-order valence-electron chi connectivity index (χ1n) is 10.6. The van der Waals surface area contributed by atoms with Crippen molar-refractivity contribution in [3.63, 3.8) is 0 Å². The van der Waals surface area contributed by atoms with E-state index in [1.54, 1.807) is 0 Å². The molecule has 2 heterocycles. The molecule has 4 rings (SSSR count). The van der Waals surface area contributed by atoms with Gasteiger partial charge in [0, 0.05) is 42.8 Å². The average molecular weight is 491 g/mol. The lowest BCUT2D eigenvalue weighted by Gasteiger charge is -2.19. The van der Waals surface area contributed by atoms with Gasteiger partial charge in [-0.25, -0.2) is 13.6 Å². The second-order valence-electron chi connectivity index (χ2n) is 7.93. The topological polar surface area (TPSA) is 109 Å².